The van der Waals surface area contributed by atoms with E-state index in [0.29, 0.717) is 24.7 Å². The quantitative estimate of drug-likeness (QED) is 0.748. The first-order chi connectivity index (χ1) is 7.71. The molecule has 2 unspecified atom stereocenters. The largest absolute Gasteiger partial charge is 0.481 e. The third kappa shape index (κ3) is 2.82. The third-order valence-electron chi connectivity index (χ3n) is 4.73. The maximum Gasteiger partial charge on any atom is 0.312 e. The molecule has 0 aliphatic heterocycles. The van der Waals surface area contributed by atoms with Crippen LogP contribution in [0.3, 0.4) is 0 Å². The molecule has 0 radical (unpaired) electrons. The summed E-state index contributed by atoms with van der Waals surface area (Å²) in [6, 6.07) is 0. The molecule has 100 valence electrons. The minimum absolute atomic E-state index is 0.606. The van der Waals surface area contributed by atoms with Gasteiger partial charge in [0, 0.05) is 0 Å². The molecule has 0 bridgehead atoms. The second-order valence-electron chi connectivity index (χ2n) is 6.40. The number of rotatable bonds is 3. The molecule has 0 amide bonds. The van der Waals surface area contributed by atoms with Gasteiger partial charge in [-0.3, -0.25) is 4.79 Å². The van der Waals surface area contributed by atoms with E-state index in [1.54, 1.807) is 13.8 Å². The van der Waals surface area contributed by atoms with Crippen LogP contribution in [0.1, 0.15) is 59.8 Å². The molecule has 3 heteroatoms. The van der Waals surface area contributed by atoms with E-state index in [-0.39, 0.29) is 0 Å². The number of carboxylic acids is 1. The van der Waals surface area contributed by atoms with Gasteiger partial charge in [-0.15, -0.1) is 0 Å². The zero-order valence-corrected chi connectivity index (χ0v) is 11.5. The molecule has 1 fully saturated rings. The van der Waals surface area contributed by atoms with Crippen molar-refractivity contribution in [1.29, 1.82) is 0 Å². The fourth-order valence-corrected chi connectivity index (χ4v) is 2.84. The third-order valence-corrected chi connectivity index (χ3v) is 4.73. The molecule has 0 aromatic carbocycles. The van der Waals surface area contributed by atoms with Crippen LogP contribution in [0.5, 0.6) is 0 Å². The lowest BCUT2D eigenvalue weighted by atomic mass is 9.70. The Bertz CT molecular complexity index is 283. The van der Waals surface area contributed by atoms with E-state index in [4.69, 9.17) is 0 Å². The normalized spacial score (nSPS) is 31.3. The highest BCUT2D eigenvalue weighted by molar-refractivity contribution is 5.75. The number of carbonyl (C=O) groups is 1. The minimum Gasteiger partial charge on any atom is -0.481 e. The maximum atomic E-state index is 11.3. The van der Waals surface area contributed by atoms with E-state index < -0.39 is 17.0 Å². The molecule has 0 saturated heterocycles. The Morgan fingerprint density at radius 2 is 1.88 bits per heavy atom. The highest BCUT2D eigenvalue weighted by atomic mass is 16.4. The maximum absolute atomic E-state index is 11.3. The summed E-state index contributed by atoms with van der Waals surface area (Å²) in [5, 5.41) is 19.9. The molecule has 0 spiro atoms. The zero-order valence-electron chi connectivity index (χ0n) is 11.5. The Hall–Kier alpha value is -0.570. The van der Waals surface area contributed by atoms with Gasteiger partial charge in [0.2, 0.25) is 0 Å². The lowest BCUT2D eigenvalue weighted by molar-refractivity contribution is -0.166. The van der Waals surface area contributed by atoms with Gasteiger partial charge in [0.1, 0.15) is 0 Å². The highest BCUT2D eigenvalue weighted by Gasteiger charge is 2.49. The summed E-state index contributed by atoms with van der Waals surface area (Å²) in [5.41, 5.74) is -2.11. The van der Waals surface area contributed by atoms with Crippen LogP contribution in [0.4, 0.5) is 0 Å². The van der Waals surface area contributed by atoms with Crippen LogP contribution in [0.25, 0.3) is 0 Å². The van der Waals surface area contributed by atoms with Gasteiger partial charge in [0.25, 0.3) is 0 Å². The average Bonchev–Trinajstić information content (AvgIpc) is 2.41. The Kier molecular flexibility index (Phi) is 4.23. The van der Waals surface area contributed by atoms with Crippen molar-refractivity contribution in [3.63, 3.8) is 0 Å². The first kappa shape index (κ1) is 14.5. The molecule has 3 nitrogen and oxygen atoms in total. The summed E-state index contributed by atoms with van der Waals surface area (Å²) in [4.78, 5) is 11.3. The molecule has 17 heavy (non-hydrogen) atoms. The smallest absolute Gasteiger partial charge is 0.312 e. The summed E-state index contributed by atoms with van der Waals surface area (Å²) in [6.45, 7) is 7.70. The summed E-state index contributed by atoms with van der Waals surface area (Å²) < 4.78 is 0. The van der Waals surface area contributed by atoms with Crippen LogP contribution in [0.2, 0.25) is 0 Å². The summed E-state index contributed by atoms with van der Waals surface area (Å²) in [6.07, 6.45) is 4.18. The van der Waals surface area contributed by atoms with Crippen LogP contribution in [-0.4, -0.2) is 21.8 Å². The lowest BCUT2D eigenvalue weighted by Gasteiger charge is -2.39. The van der Waals surface area contributed by atoms with Crippen molar-refractivity contribution >= 4 is 5.97 Å². The van der Waals surface area contributed by atoms with Crippen molar-refractivity contribution in [2.24, 2.45) is 17.3 Å². The second kappa shape index (κ2) is 4.97. The molecule has 1 aliphatic rings. The van der Waals surface area contributed by atoms with Crippen molar-refractivity contribution in [2.75, 3.05) is 0 Å². The Labute approximate surface area is 104 Å². The predicted octanol–water partition coefficient (Wildman–Crippen LogP) is 3.06. The number of hydrogen-bond donors (Lipinski definition) is 2. The average molecular weight is 242 g/mol. The molecule has 0 aromatic rings. The molecule has 1 aliphatic carbocycles. The molecule has 2 atom stereocenters. The topological polar surface area (TPSA) is 57.5 Å². The molecule has 1 rings (SSSR count). The minimum atomic E-state index is -1.06. The Balaban J connectivity index is 2.82. The predicted molar refractivity (Wildman–Crippen MR) is 67.8 cm³/mol. The molecule has 0 heterocycles. The van der Waals surface area contributed by atoms with E-state index in [2.05, 4.69) is 13.8 Å². The van der Waals surface area contributed by atoms with Crippen molar-refractivity contribution in [1.82, 2.24) is 0 Å². The molecular formula is C14H26O3. The summed E-state index contributed by atoms with van der Waals surface area (Å²) in [7, 11) is 0. The second-order valence-corrected chi connectivity index (χ2v) is 6.40. The Morgan fingerprint density at radius 1 is 1.29 bits per heavy atom. The van der Waals surface area contributed by atoms with Crippen LogP contribution in [-0.2, 0) is 4.79 Å². The van der Waals surface area contributed by atoms with Crippen LogP contribution in [0.15, 0.2) is 0 Å². The van der Waals surface area contributed by atoms with Gasteiger partial charge in [-0.25, -0.2) is 0 Å². The van der Waals surface area contributed by atoms with Gasteiger partial charge in [-0.1, -0.05) is 26.7 Å². The molecule has 0 aromatic heterocycles. The van der Waals surface area contributed by atoms with Crippen LogP contribution < -0.4 is 0 Å². The number of aliphatic carboxylic acids is 1. The number of aliphatic hydroxyl groups is 1. The van der Waals surface area contributed by atoms with Crippen molar-refractivity contribution in [3.05, 3.63) is 0 Å². The highest BCUT2D eigenvalue weighted by Crippen LogP contribution is 2.43. The summed E-state index contributed by atoms with van der Waals surface area (Å²) >= 11 is 0. The zero-order chi connectivity index (χ0) is 13.3. The SMILES string of the molecule is CC(C)C1CCCC(O)(C(C)(C)C(=O)O)CC1. The van der Waals surface area contributed by atoms with Gasteiger partial charge in [0.05, 0.1) is 11.0 Å². The molecule has 1 saturated carbocycles. The van der Waals surface area contributed by atoms with Gasteiger partial charge in [-0.05, 0) is 44.9 Å². The molecule has 2 N–H and O–H groups in total. The Morgan fingerprint density at radius 3 is 2.35 bits per heavy atom. The molecular weight excluding hydrogens is 216 g/mol. The van der Waals surface area contributed by atoms with E-state index in [1.807, 2.05) is 0 Å². The van der Waals surface area contributed by atoms with Crippen LogP contribution >= 0.6 is 0 Å². The van der Waals surface area contributed by atoms with E-state index >= 15 is 0 Å². The number of carboxylic acid groups (broad SMARTS) is 1. The fourth-order valence-electron chi connectivity index (χ4n) is 2.84. The van der Waals surface area contributed by atoms with E-state index in [0.717, 1.165) is 19.3 Å². The standard InChI is InChI=1S/C14H26O3/c1-10(2)11-6-5-8-14(17,9-7-11)13(3,4)12(15)16/h10-11,17H,5-9H2,1-4H3,(H,15,16). The van der Waals surface area contributed by atoms with Crippen LogP contribution in [0, 0.1) is 17.3 Å². The van der Waals surface area contributed by atoms with Crippen molar-refractivity contribution in [2.45, 2.75) is 65.4 Å². The first-order valence-corrected chi connectivity index (χ1v) is 6.66. The van der Waals surface area contributed by atoms with Crippen molar-refractivity contribution < 1.29 is 15.0 Å². The monoisotopic (exact) mass is 242 g/mol. The van der Waals surface area contributed by atoms with E-state index in [1.165, 1.54) is 0 Å². The lowest BCUT2D eigenvalue weighted by Crippen LogP contribution is -2.49. The summed E-state index contributed by atoms with van der Waals surface area (Å²) in [5.74, 6) is 0.335. The van der Waals surface area contributed by atoms with Gasteiger partial charge < -0.3 is 10.2 Å². The number of hydrogen-bond acceptors (Lipinski definition) is 2. The van der Waals surface area contributed by atoms with E-state index in [9.17, 15) is 15.0 Å². The van der Waals surface area contributed by atoms with Gasteiger partial charge >= 0.3 is 5.97 Å². The van der Waals surface area contributed by atoms with Gasteiger partial charge in [0.15, 0.2) is 0 Å². The first-order valence-electron chi connectivity index (χ1n) is 6.66. The van der Waals surface area contributed by atoms with Gasteiger partial charge in [-0.2, -0.15) is 0 Å². The fraction of sp³-hybridized carbons (Fsp3) is 0.929. The van der Waals surface area contributed by atoms with Crippen molar-refractivity contribution in [3.8, 4) is 0 Å².